The lowest BCUT2D eigenvalue weighted by Gasteiger charge is -2.25. The van der Waals surface area contributed by atoms with E-state index < -0.39 is 5.54 Å². The topological polar surface area (TPSA) is 54.3 Å². The number of rotatable bonds is 9. The molecule has 1 aromatic rings. The van der Waals surface area contributed by atoms with Crippen LogP contribution in [0.2, 0.25) is 0 Å². The van der Waals surface area contributed by atoms with Gasteiger partial charge in [-0.15, -0.1) is 0 Å². The molecule has 0 saturated carbocycles. The molecule has 0 heterocycles. The third-order valence-corrected chi connectivity index (χ3v) is 3.02. The second-order valence-electron chi connectivity index (χ2n) is 5.66. The van der Waals surface area contributed by atoms with Crippen LogP contribution in [0.25, 0.3) is 0 Å². The third-order valence-electron chi connectivity index (χ3n) is 3.02. The van der Waals surface area contributed by atoms with E-state index in [2.05, 4.69) is 18.3 Å². The zero-order valence-corrected chi connectivity index (χ0v) is 13.5. The molecule has 0 aliphatic rings. The molecule has 0 aromatic heterocycles. The second-order valence-corrected chi connectivity index (χ2v) is 5.66. The molecule has 1 rings (SSSR count). The monoisotopic (exact) mass is 290 g/mol. The molecule has 4 nitrogen and oxygen atoms in total. The van der Waals surface area contributed by atoms with Crippen molar-refractivity contribution in [1.29, 1.82) is 5.26 Å². The maximum absolute atomic E-state index is 9.27. The van der Waals surface area contributed by atoms with Crippen LogP contribution in [0.4, 0.5) is 0 Å². The zero-order chi connectivity index (χ0) is 15.7. The molecule has 0 fully saturated rings. The van der Waals surface area contributed by atoms with E-state index in [9.17, 15) is 5.26 Å². The molecule has 116 valence electrons. The van der Waals surface area contributed by atoms with Crippen LogP contribution in [0.3, 0.4) is 0 Å². The predicted octanol–water partition coefficient (Wildman–Crippen LogP) is 3.52. The first-order chi connectivity index (χ1) is 9.99. The van der Waals surface area contributed by atoms with Crippen LogP contribution < -0.4 is 14.8 Å². The summed E-state index contributed by atoms with van der Waals surface area (Å²) in [6.07, 6.45) is 1.63. The van der Waals surface area contributed by atoms with Gasteiger partial charge in [-0.25, -0.2) is 0 Å². The van der Waals surface area contributed by atoms with Crippen molar-refractivity contribution in [2.24, 2.45) is 0 Å². The largest absolute Gasteiger partial charge is 0.494 e. The van der Waals surface area contributed by atoms with Crippen LogP contribution >= 0.6 is 0 Å². The van der Waals surface area contributed by atoms with E-state index in [1.54, 1.807) is 0 Å². The van der Waals surface area contributed by atoms with Crippen molar-refractivity contribution < 1.29 is 9.47 Å². The summed E-state index contributed by atoms with van der Waals surface area (Å²) in [5, 5.41) is 12.5. The van der Waals surface area contributed by atoms with Gasteiger partial charge in [0.15, 0.2) is 0 Å². The Morgan fingerprint density at radius 2 is 1.67 bits per heavy atom. The fourth-order valence-electron chi connectivity index (χ4n) is 2.02. The molecular formula is C17H26N2O2. The quantitative estimate of drug-likeness (QED) is 0.756. The Labute approximate surface area is 128 Å². The molecule has 1 N–H and O–H groups in total. The van der Waals surface area contributed by atoms with Gasteiger partial charge in [-0.2, -0.15) is 5.26 Å². The molecule has 1 atom stereocenters. The van der Waals surface area contributed by atoms with E-state index >= 15 is 0 Å². The summed E-state index contributed by atoms with van der Waals surface area (Å²) in [4.78, 5) is 0. The molecule has 1 unspecified atom stereocenters. The SMILES string of the molecule is CCCOc1ccc(OCCC(C)(C#N)NC(C)C)cc1. The average molecular weight is 290 g/mol. The van der Waals surface area contributed by atoms with Crippen LogP contribution in [-0.4, -0.2) is 24.8 Å². The number of hydrogen-bond donors (Lipinski definition) is 1. The van der Waals surface area contributed by atoms with Gasteiger partial charge in [-0.1, -0.05) is 6.92 Å². The summed E-state index contributed by atoms with van der Waals surface area (Å²) >= 11 is 0. The predicted molar refractivity (Wildman–Crippen MR) is 84.6 cm³/mol. The molecule has 0 radical (unpaired) electrons. The number of nitrogens with one attached hydrogen (secondary N) is 1. The minimum Gasteiger partial charge on any atom is -0.494 e. The normalized spacial score (nSPS) is 13.5. The smallest absolute Gasteiger partial charge is 0.119 e. The van der Waals surface area contributed by atoms with Gasteiger partial charge in [-0.3, -0.25) is 5.32 Å². The van der Waals surface area contributed by atoms with Gasteiger partial charge < -0.3 is 9.47 Å². The highest BCUT2D eigenvalue weighted by Crippen LogP contribution is 2.19. The van der Waals surface area contributed by atoms with Gasteiger partial charge >= 0.3 is 0 Å². The van der Waals surface area contributed by atoms with Crippen LogP contribution in [0.15, 0.2) is 24.3 Å². The van der Waals surface area contributed by atoms with Crippen LogP contribution in [0.1, 0.15) is 40.5 Å². The molecule has 4 heteroatoms. The van der Waals surface area contributed by atoms with E-state index in [-0.39, 0.29) is 6.04 Å². The first-order valence-corrected chi connectivity index (χ1v) is 7.53. The lowest BCUT2D eigenvalue weighted by Crippen LogP contribution is -2.45. The number of benzene rings is 1. The highest BCUT2D eigenvalue weighted by atomic mass is 16.5. The van der Waals surface area contributed by atoms with Gasteiger partial charge in [0.2, 0.25) is 0 Å². The standard InChI is InChI=1S/C17H26N2O2/c1-5-11-20-15-6-8-16(9-7-15)21-12-10-17(4,13-18)19-14(2)3/h6-9,14,19H,5,10-12H2,1-4H3. The average Bonchev–Trinajstić information content (AvgIpc) is 2.45. The molecule has 1 aromatic carbocycles. The Kier molecular flexibility index (Phi) is 7.04. The van der Waals surface area contributed by atoms with Crippen molar-refractivity contribution in [3.63, 3.8) is 0 Å². The molecule has 0 amide bonds. The van der Waals surface area contributed by atoms with Crippen molar-refractivity contribution in [3.8, 4) is 17.6 Å². The van der Waals surface area contributed by atoms with Crippen molar-refractivity contribution in [3.05, 3.63) is 24.3 Å². The number of nitriles is 1. The molecule has 0 spiro atoms. The Morgan fingerprint density at radius 3 is 2.10 bits per heavy atom. The lowest BCUT2D eigenvalue weighted by atomic mass is 9.99. The van der Waals surface area contributed by atoms with Crippen LogP contribution in [0.5, 0.6) is 11.5 Å². The van der Waals surface area contributed by atoms with E-state index in [1.807, 2.05) is 45.0 Å². The Hall–Kier alpha value is -1.73. The summed E-state index contributed by atoms with van der Waals surface area (Å²) in [5.74, 6) is 1.65. The van der Waals surface area contributed by atoms with Gasteiger partial charge in [-0.05, 0) is 51.5 Å². The molecule has 0 saturated heterocycles. The zero-order valence-electron chi connectivity index (χ0n) is 13.5. The van der Waals surface area contributed by atoms with Crippen LogP contribution in [0, 0.1) is 11.3 Å². The first-order valence-electron chi connectivity index (χ1n) is 7.53. The van der Waals surface area contributed by atoms with Crippen LogP contribution in [-0.2, 0) is 0 Å². The molecule has 0 aliphatic carbocycles. The van der Waals surface area contributed by atoms with E-state index in [4.69, 9.17) is 9.47 Å². The summed E-state index contributed by atoms with van der Waals surface area (Å²) < 4.78 is 11.2. The van der Waals surface area contributed by atoms with Gasteiger partial charge in [0.25, 0.3) is 0 Å². The molecule has 0 aliphatic heterocycles. The fraction of sp³-hybridized carbons (Fsp3) is 0.588. The Morgan fingerprint density at radius 1 is 1.14 bits per heavy atom. The number of ether oxygens (including phenoxy) is 2. The number of nitrogens with zero attached hydrogens (tertiary/aromatic N) is 1. The van der Waals surface area contributed by atoms with E-state index in [0.29, 0.717) is 13.0 Å². The summed E-state index contributed by atoms with van der Waals surface area (Å²) in [6.45, 7) is 9.27. The Bertz CT molecular complexity index is 451. The van der Waals surface area contributed by atoms with Gasteiger partial charge in [0.05, 0.1) is 19.3 Å². The first kappa shape index (κ1) is 17.3. The number of hydrogen-bond acceptors (Lipinski definition) is 4. The highest BCUT2D eigenvalue weighted by molar-refractivity contribution is 5.31. The van der Waals surface area contributed by atoms with E-state index in [1.165, 1.54) is 0 Å². The van der Waals surface area contributed by atoms with Crippen molar-refractivity contribution in [1.82, 2.24) is 5.32 Å². The molecule has 21 heavy (non-hydrogen) atoms. The Balaban J connectivity index is 2.43. The highest BCUT2D eigenvalue weighted by Gasteiger charge is 2.24. The summed E-state index contributed by atoms with van der Waals surface area (Å²) in [7, 11) is 0. The summed E-state index contributed by atoms with van der Waals surface area (Å²) in [5.41, 5.74) is -0.557. The van der Waals surface area contributed by atoms with Crippen molar-refractivity contribution >= 4 is 0 Å². The maximum Gasteiger partial charge on any atom is 0.119 e. The summed E-state index contributed by atoms with van der Waals surface area (Å²) in [6, 6.07) is 10.2. The maximum atomic E-state index is 9.27. The molecule has 0 bridgehead atoms. The van der Waals surface area contributed by atoms with Gasteiger partial charge in [0.1, 0.15) is 17.0 Å². The van der Waals surface area contributed by atoms with Crippen molar-refractivity contribution in [2.75, 3.05) is 13.2 Å². The van der Waals surface area contributed by atoms with E-state index in [0.717, 1.165) is 24.5 Å². The lowest BCUT2D eigenvalue weighted by molar-refractivity contribution is 0.259. The van der Waals surface area contributed by atoms with Gasteiger partial charge in [0, 0.05) is 12.5 Å². The minimum absolute atomic E-state index is 0.268. The van der Waals surface area contributed by atoms with Crippen molar-refractivity contribution in [2.45, 2.75) is 52.1 Å². The fourth-order valence-corrected chi connectivity index (χ4v) is 2.02. The minimum atomic E-state index is -0.557. The molecular weight excluding hydrogens is 264 g/mol. The second kappa shape index (κ2) is 8.53. The third kappa shape index (κ3) is 6.50.